The summed E-state index contributed by atoms with van der Waals surface area (Å²) in [5.74, 6) is 0.421. The minimum atomic E-state index is 0.421. The lowest BCUT2D eigenvalue weighted by Gasteiger charge is -2.40. The standard InChI is InChI=1S/C21H32N4/c1-14(2)19-17(25-10-15(22)6-7-18(25)23-19)11-24-13-21(5)9-16(24)8-20(3,4)12-21/h6-7,10,14,16H,8-9,11-13,22H2,1-5H3. The predicted octanol–water partition coefficient (Wildman–Crippen LogP) is 4.44. The van der Waals surface area contributed by atoms with Crippen LogP contribution in [0.2, 0.25) is 0 Å². The summed E-state index contributed by atoms with van der Waals surface area (Å²) >= 11 is 0. The van der Waals surface area contributed by atoms with Gasteiger partial charge < -0.3 is 10.1 Å². The molecule has 2 unspecified atom stereocenters. The summed E-state index contributed by atoms with van der Waals surface area (Å²) in [5.41, 5.74) is 11.3. The van der Waals surface area contributed by atoms with Gasteiger partial charge in [0.25, 0.3) is 0 Å². The van der Waals surface area contributed by atoms with Crippen LogP contribution < -0.4 is 5.73 Å². The van der Waals surface area contributed by atoms with Gasteiger partial charge in [0.05, 0.1) is 11.4 Å². The number of imidazole rings is 1. The zero-order chi connectivity index (χ0) is 18.0. The monoisotopic (exact) mass is 340 g/mol. The van der Waals surface area contributed by atoms with E-state index in [1.807, 2.05) is 18.3 Å². The largest absolute Gasteiger partial charge is 0.398 e. The van der Waals surface area contributed by atoms with Crippen molar-refractivity contribution in [2.45, 2.75) is 72.4 Å². The van der Waals surface area contributed by atoms with Crippen molar-refractivity contribution < 1.29 is 0 Å². The van der Waals surface area contributed by atoms with Crippen molar-refractivity contribution >= 4 is 11.3 Å². The molecule has 1 saturated heterocycles. The molecule has 1 aliphatic heterocycles. The number of nitrogen functional groups attached to an aromatic ring is 1. The van der Waals surface area contributed by atoms with Gasteiger partial charge >= 0.3 is 0 Å². The number of hydrogen-bond acceptors (Lipinski definition) is 3. The Balaban J connectivity index is 1.71. The Labute approximate surface area is 151 Å². The molecule has 3 heterocycles. The molecule has 25 heavy (non-hydrogen) atoms. The summed E-state index contributed by atoms with van der Waals surface area (Å²) in [6.45, 7) is 14.0. The Hall–Kier alpha value is -1.55. The first-order valence-electron chi connectivity index (χ1n) is 9.66. The van der Waals surface area contributed by atoms with E-state index in [-0.39, 0.29) is 0 Å². The van der Waals surface area contributed by atoms with Crippen LogP contribution in [0.5, 0.6) is 0 Å². The number of aromatic nitrogens is 2. The Morgan fingerprint density at radius 2 is 2.00 bits per heavy atom. The fourth-order valence-corrected chi connectivity index (χ4v) is 5.70. The van der Waals surface area contributed by atoms with E-state index in [0.29, 0.717) is 22.8 Å². The first-order chi connectivity index (χ1) is 11.7. The van der Waals surface area contributed by atoms with Crippen LogP contribution in [0.1, 0.15) is 71.2 Å². The molecule has 0 radical (unpaired) electrons. The van der Waals surface area contributed by atoms with Gasteiger partial charge in [-0.25, -0.2) is 4.98 Å². The van der Waals surface area contributed by atoms with Crippen LogP contribution >= 0.6 is 0 Å². The van der Waals surface area contributed by atoms with E-state index < -0.39 is 0 Å². The molecule has 2 aliphatic rings. The molecule has 136 valence electrons. The Morgan fingerprint density at radius 3 is 2.72 bits per heavy atom. The second-order valence-corrected chi connectivity index (χ2v) is 9.91. The third-order valence-electron chi connectivity index (χ3n) is 6.19. The molecule has 2 atom stereocenters. The lowest BCUT2D eigenvalue weighted by atomic mass is 9.65. The Morgan fingerprint density at radius 1 is 1.24 bits per heavy atom. The van der Waals surface area contributed by atoms with Gasteiger partial charge in [-0.2, -0.15) is 0 Å². The molecule has 4 nitrogen and oxygen atoms in total. The zero-order valence-electron chi connectivity index (χ0n) is 16.3. The third-order valence-corrected chi connectivity index (χ3v) is 6.19. The fourth-order valence-electron chi connectivity index (χ4n) is 5.70. The molecule has 1 saturated carbocycles. The van der Waals surface area contributed by atoms with Crippen LogP contribution in [0.15, 0.2) is 18.3 Å². The van der Waals surface area contributed by atoms with Gasteiger partial charge in [-0.1, -0.05) is 34.6 Å². The second kappa shape index (κ2) is 5.47. The van der Waals surface area contributed by atoms with E-state index >= 15 is 0 Å². The fraction of sp³-hybridized carbons (Fsp3) is 0.667. The summed E-state index contributed by atoms with van der Waals surface area (Å²) in [7, 11) is 0. The van der Waals surface area contributed by atoms with Crippen LogP contribution in [-0.4, -0.2) is 26.9 Å². The molecule has 0 spiro atoms. The van der Waals surface area contributed by atoms with Crippen molar-refractivity contribution in [1.29, 1.82) is 0 Å². The van der Waals surface area contributed by atoms with Crippen molar-refractivity contribution in [2.75, 3.05) is 12.3 Å². The average Bonchev–Trinajstić information content (AvgIpc) is 2.93. The van der Waals surface area contributed by atoms with E-state index in [1.54, 1.807) is 0 Å². The number of pyridine rings is 1. The molecule has 2 bridgehead atoms. The highest BCUT2D eigenvalue weighted by Gasteiger charge is 2.49. The normalized spacial score (nSPS) is 29.0. The highest BCUT2D eigenvalue weighted by atomic mass is 15.2. The van der Waals surface area contributed by atoms with E-state index in [2.05, 4.69) is 43.9 Å². The number of anilines is 1. The Bertz CT molecular complexity index is 804. The van der Waals surface area contributed by atoms with Gasteiger partial charge in [-0.3, -0.25) is 4.90 Å². The molecular formula is C21H32N4. The van der Waals surface area contributed by atoms with Crippen LogP contribution in [0.3, 0.4) is 0 Å². The second-order valence-electron chi connectivity index (χ2n) is 9.91. The predicted molar refractivity (Wildman–Crippen MR) is 104 cm³/mol. The van der Waals surface area contributed by atoms with Crippen LogP contribution in [0, 0.1) is 10.8 Å². The molecule has 4 heteroatoms. The topological polar surface area (TPSA) is 46.6 Å². The number of rotatable bonds is 3. The minimum Gasteiger partial charge on any atom is -0.398 e. The van der Waals surface area contributed by atoms with Crippen LogP contribution in [0.25, 0.3) is 5.65 Å². The third kappa shape index (κ3) is 2.95. The van der Waals surface area contributed by atoms with E-state index in [9.17, 15) is 0 Å². The molecule has 0 aromatic carbocycles. The molecule has 0 amide bonds. The van der Waals surface area contributed by atoms with Crippen molar-refractivity contribution in [3.8, 4) is 0 Å². The highest BCUT2D eigenvalue weighted by molar-refractivity contribution is 5.50. The van der Waals surface area contributed by atoms with Gasteiger partial charge in [0.15, 0.2) is 0 Å². The number of fused-ring (bicyclic) bond motifs is 3. The van der Waals surface area contributed by atoms with Crippen LogP contribution in [-0.2, 0) is 6.54 Å². The number of nitrogens with zero attached hydrogens (tertiary/aromatic N) is 3. The van der Waals surface area contributed by atoms with Gasteiger partial charge in [-0.15, -0.1) is 0 Å². The van der Waals surface area contributed by atoms with Crippen molar-refractivity contribution in [3.63, 3.8) is 0 Å². The van der Waals surface area contributed by atoms with E-state index in [0.717, 1.165) is 17.9 Å². The first-order valence-corrected chi connectivity index (χ1v) is 9.66. The van der Waals surface area contributed by atoms with Crippen molar-refractivity contribution in [3.05, 3.63) is 29.7 Å². The number of hydrogen-bond donors (Lipinski definition) is 1. The molecular weight excluding hydrogens is 308 g/mol. The van der Waals surface area contributed by atoms with Gasteiger partial charge in [-0.05, 0) is 48.1 Å². The zero-order valence-corrected chi connectivity index (χ0v) is 16.3. The van der Waals surface area contributed by atoms with Gasteiger partial charge in [0.2, 0.25) is 0 Å². The smallest absolute Gasteiger partial charge is 0.137 e. The summed E-state index contributed by atoms with van der Waals surface area (Å²) < 4.78 is 2.22. The summed E-state index contributed by atoms with van der Waals surface area (Å²) in [6, 6.07) is 4.68. The summed E-state index contributed by atoms with van der Waals surface area (Å²) in [5, 5.41) is 0. The lowest BCUT2D eigenvalue weighted by molar-refractivity contribution is 0.126. The molecule has 2 N–H and O–H groups in total. The van der Waals surface area contributed by atoms with Crippen molar-refractivity contribution in [1.82, 2.24) is 14.3 Å². The maximum atomic E-state index is 6.07. The highest BCUT2D eigenvalue weighted by Crippen LogP contribution is 2.52. The van der Waals surface area contributed by atoms with Crippen molar-refractivity contribution in [2.24, 2.45) is 10.8 Å². The molecule has 2 aromatic rings. The number of nitrogens with two attached hydrogens (primary N) is 1. The first kappa shape index (κ1) is 16.9. The quantitative estimate of drug-likeness (QED) is 0.898. The SMILES string of the molecule is CC(C)c1nc2ccc(N)cn2c1CN1CC2(C)CC1CC(C)(C)C2. The van der Waals surface area contributed by atoms with Gasteiger partial charge in [0.1, 0.15) is 5.65 Å². The number of likely N-dealkylation sites (tertiary alicyclic amines) is 1. The summed E-state index contributed by atoms with van der Waals surface area (Å²) in [4.78, 5) is 7.62. The van der Waals surface area contributed by atoms with Crippen LogP contribution in [0.4, 0.5) is 5.69 Å². The van der Waals surface area contributed by atoms with E-state index in [4.69, 9.17) is 10.7 Å². The summed E-state index contributed by atoms with van der Waals surface area (Å²) in [6.07, 6.45) is 6.02. The van der Waals surface area contributed by atoms with E-state index in [1.165, 1.54) is 37.2 Å². The maximum absolute atomic E-state index is 6.07. The average molecular weight is 341 g/mol. The molecule has 1 aliphatic carbocycles. The molecule has 2 aromatic heterocycles. The van der Waals surface area contributed by atoms with Gasteiger partial charge in [0, 0.05) is 31.0 Å². The minimum absolute atomic E-state index is 0.421. The molecule has 4 rings (SSSR count). The molecule has 2 fully saturated rings. The lowest BCUT2D eigenvalue weighted by Crippen LogP contribution is -2.34. The maximum Gasteiger partial charge on any atom is 0.137 e. The Kier molecular flexibility index (Phi) is 3.70.